The van der Waals surface area contributed by atoms with Crippen LogP contribution in [0.5, 0.6) is 0 Å². The number of esters is 1. The van der Waals surface area contributed by atoms with E-state index in [9.17, 15) is 14.9 Å². The third kappa shape index (κ3) is 4.83. The van der Waals surface area contributed by atoms with Crippen LogP contribution in [0, 0.1) is 11.3 Å². The van der Waals surface area contributed by atoms with Crippen LogP contribution in [0.3, 0.4) is 0 Å². The molecule has 1 amide bonds. The van der Waals surface area contributed by atoms with Crippen molar-refractivity contribution in [2.75, 3.05) is 38.1 Å². The Hall–Kier alpha value is -2.85. The monoisotopic (exact) mass is 328 g/mol. The number of nitriles is 1. The first-order chi connectivity index (χ1) is 11.6. The summed E-state index contributed by atoms with van der Waals surface area (Å²) >= 11 is 0. The molecule has 2 rings (SSSR count). The number of hydrogen-bond donors (Lipinski definition) is 2. The first-order valence-corrected chi connectivity index (χ1v) is 7.79. The Morgan fingerprint density at radius 2 is 2.00 bits per heavy atom. The Labute approximate surface area is 140 Å². The van der Waals surface area contributed by atoms with Crippen LogP contribution in [0.1, 0.15) is 17.3 Å². The van der Waals surface area contributed by atoms with Gasteiger partial charge in [-0.3, -0.25) is 4.79 Å². The number of hydrogen-bond acceptors (Lipinski definition) is 6. The summed E-state index contributed by atoms with van der Waals surface area (Å²) in [5.74, 6) is -0.883. The molecular formula is C17H20N4O3. The van der Waals surface area contributed by atoms with Crippen molar-refractivity contribution in [1.82, 2.24) is 10.2 Å². The molecule has 1 aromatic carbocycles. The summed E-state index contributed by atoms with van der Waals surface area (Å²) in [7, 11) is 0. The van der Waals surface area contributed by atoms with E-state index >= 15 is 0 Å². The molecule has 0 saturated carbocycles. The standard InChI is InChI=1S/C17H20N4O3/c1-2-24-17(23)13-3-5-15(6-4-13)20-16(22)14(11-18)12-21-9-7-19-8-10-21/h3-6,12,19H,2,7-10H2,1H3,(H,20,22)/b14-12-. The number of nitrogens with zero attached hydrogens (tertiary/aromatic N) is 2. The quantitative estimate of drug-likeness (QED) is 0.478. The van der Waals surface area contributed by atoms with Crippen molar-refractivity contribution in [1.29, 1.82) is 5.26 Å². The Balaban J connectivity index is 2.01. The number of rotatable bonds is 5. The number of nitrogens with one attached hydrogen (secondary N) is 2. The minimum atomic E-state index is -0.472. The molecule has 1 aliphatic heterocycles. The number of carbonyl (C=O) groups is 2. The largest absolute Gasteiger partial charge is 0.462 e. The fourth-order valence-corrected chi connectivity index (χ4v) is 2.23. The van der Waals surface area contributed by atoms with Crippen LogP contribution < -0.4 is 10.6 Å². The van der Waals surface area contributed by atoms with E-state index in [2.05, 4.69) is 10.6 Å². The molecule has 1 fully saturated rings. The van der Waals surface area contributed by atoms with Crippen molar-refractivity contribution >= 4 is 17.6 Å². The van der Waals surface area contributed by atoms with Crippen LogP contribution in [0.25, 0.3) is 0 Å². The van der Waals surface area contributed by atoms with Crippen LogP contribution in [0.15, 0.2) is 36.0 Å². The van der Waals surface area contributed by atoms with Gasteiger partial charge in [0.2, 0.25) is 0 Å². The zero-order valence-electron chi connectivity index (χ0n) is 13.5. The SMILES string of the molecule is CCOC(=O)c1ccc(NC(=O)/C(C#N)=C\N2CCNCC2)cc1. The fourth-order valence-electron chi connectivity index (χ4n) is 2.23. The summed E-state index contributed by atoms with van der Waals surface area (Å²) in [5, 5.41) is 15.1. The number of anilines is 1. The highest BCUT2D eigenvalue weighted by atomic mass is 16.5. The van der Waals surface area contributed by atoms with Gasteiger partial charge in [0.1, 0.15) is 11.6 Å². The molecule has 0 aromatic heterocycles. The van der Waals surface area contributed by atoms with Crippen molar-refractivity contribution in [3.8, 4) is 6.07 Å². The van der Waals surface area contributed by atoms with Gasteiger partial charge in [-0.05, 0) is 31.2 Å². The summed E-state index contributed by atoms with van der Waals surface area (Å²) in [6.45, 7) is 5.21. The second-order valence-corrected chi connectivity index (χ2v) is 5.19. The van der Waals surface area contributed by atoms with E-state index in [1.165, 1.54) is 0 Å². The predicted octanol–water partition coefficient (Wildman–Crippen LogP) is 1.11. The van der Waals surface area contributed by atoms with E-state index in [1.54, 1.807) is 37.4 Å². The summed E-state index contributed by atoms with van der Waals surface area (Å²) in [6, 6.07) is 8.27. The number of ether oxygens (including phenoxy) is 1. The molecule has 0 radical (unpaired) electrons. The molecule has 126 valence electrons. The fraction of sp³-hybridized carbons (Fsp3) is 0.353. The second kappa shape index (κ2) is 8.70. The van der Waals surface area contributed by atoms with Crippen molar-refractivity contribution in [3.63, 3.8) is 0 Å². The predicted molar refractivity (Wildman–Crippen MR) is 89.2 cm³/mol. The van der Waals surface area contributed by atoms with Gasteiger partial charge in [-0.2, -0.15) is 5.26 Å². The molecule has 2 N–H and O–H groups in total. The molecule has 1 aromatic rings. The smallest absolute Gasteiger partial charge is 0.338 e. The van der Waals surface area contributed by atoms with Crippen LogP contribution in [-0.4, -0.2) is 49.6 Å². The lowest BCUT2D eigenvalue weighted by molar-refractivity contribution is -0.112. The van der Waals surface area contributed by atoms with E-state index in [0.29, 0.717) is 17.9 Å². The molecule has 1 heterocycles. The zero-order chi connectivity index (χ0) is 17.4. The lowest BCUT2D eigenvalue weighted by Crippen LogP contribution is -2.41. The highest BCUT2D eigenvalue weighted by Crippen LogP contribution is 2.12. The van der Waals surface area contributed by atoms with E-state index < -0.39 is 11.9 Å². The molecule has 1 saturated heterocycles. The molecule has 24 heavy (non-hydrogen) atoms. The average molecular weight is 328 g/mol. The molecule has 0 spiro atoms. The van der Waals surface area contributed by atoms with Gasteiger partial charge in [0, 0.05) is 38.1 Å². The maximum atomic E-state index is 12.2. The van der Waals surface area contributed by atoms with Crippen LogP contribution in [-0.2, 0) is 9.53 Å². The molecule has 7 heteroatoms. The van der Waals surface area contributed by atoms with E-state index in [1.807, 2.05) is 11.0 Å². The van der Waals surface area contributed by atoms with Crippen LogP contribution in [0.2, 0.25) is 0 Å². The first-order valence-electron chi connectivity index (χ1n) is 7.79. The Kier molecular flexibility index (Phi) is 6.34. The molecular weight excluding hydrogens is 308 g/mol. The van der Waals surface area contributed by atoms with Gasteiger partial charge < -0.3 is 20.3 Å². The second-order valence-electron chi connectivity index (χ2n) is 5.19. The zero-order valence-corrected chi connectivity index (χ0v) is 13.5. The third-order valence-electron chi connectivity index (χ3n) is 3.48. The molecule has 0 bridgehead atoms. The van der Waals surface area contributed by atoms with Gasteiger partial charge in [-0.1, -0.05) is 0 Å². The van der Waals surface area contributed by atoms with Crippen molar-refractivity contribution in [2.24, 2.45) is 0 Å². The number of carbonyl (C=O) groups excluding carboxylic acids is 2. The highest BCUT2D eigenvalue weighted by molar-refractivity contribution is 6.06. The van der Waals surface area contributed by atoms with Crippen molar-refractivity contribution < 1.29 is 14.3 Å². The number of piperazine rings is 1. The minimum absolute atomic E-state index is 0.0476. The topological polar surface area (TPSA) is 94.5 Å². The van der Waals surface area contributed by atoms with Crippen LogP contribution >= 0.6 is 0 Å². The summed E-state index contributed by atoms with van der Waals surface area (Å²) in [5.41, 5.74) is 0.965. The van der Waals surface area contributed by atoms with Gasteiger partial charge >= 0.3 is 5.97 Å². The normalized spacial score (nSPS) is 14.7. The van der Waals surface area contributed by atoms with Crippen LogP contribution in [0.4, 0.5) is 5.69 Å². The number of amides is 1. The van der Waals surface area contributed by atoms with Gasteiger partial charge in [0.15, 0.2) is 0 Å². The van der Waals surface area contributed by atoms with Gasteiger partial charge in [0.05, 0.1) is 12.2 Å². The van der Waals surface area contributed by atoms with Gasteiger partial charge in [0.25, 0.3) is 5.91 Å². The van der Waals surface area contributed by atoms with E-state index in [-0.39, 0.29) is 5.57 Å². The Morgan fingerprint density at radius 3 is 2.58 bits per heavy atom. The van der Waals surface area contributed by atoms with E-state index in [0.717, 1.165) is 26.2 Å². The maximum absolute atomic E-state index is 12.2. The molecule has 7 nitrogen and oxygen atoms in total. The van der Waals surface area contributed by atoms with E-state index in [4.69, 9.17) is 4.74 Å². The molecule has 1 aliphatic rings. The Bertz CT molecular complexity index is 655. The third-order valence-corrected chi connectivity index (χ3v) is 3.48. The van der Waals surface area contributed by atoms with Crippen molar-refractivity contribution in [3.05, 3.63) is 41.6 Å². The maximum Gasteiger partial charge on any atom is 0.338 e. The number of benzene rings is 1. The summed E-state index contributed by atoms with van der Waals surface area (Å²) in [4.78, 5) is 25.7. The lowest BCUT2D eigenvalue weighted by Gasteiger charge is -2.26. The van der Waals surface area contributed by atoms with Gasteiger partial charge in [-0.25, -0.2) is 4.79 Å². The first kappa shape index (κ1) is 17.5. The summed E-state index contributed by atoms with van der Waals surface area (Å²) in [6.07, 6.45) is 1.59. The minimum Gasteiger partial charge on any atom is -0.462 e. The average Bonchev–Trinajstić information content (AvgIpc) is 2.61. The molecule has 0 atom stereocenters. The Morgan fingerprint density at radius 1 is 1.33 bits per heavy atom. The highest BCUT2D eigenvalue weighted by Gasteiger charge is 2.14. The summed E-state index contributed by atoms with van der Waals surface area (Å²) < 4.78 is 4.90. The molecule has 0 unspecified atom stereocenters. The lowest BCUT2D eigenvalue weighted by atomic mass is 10.2. The van der Waals surface area contributed by atoms with Crippen molar-refractivity contribution in [2.45, 2.75) is 6.92 Å². The molecule has 0 aliphatic carbocycles. The van der Waals surface area contributed by atoms with Gasteiger partial charge in [-0.15, -0.1) is 0 Å².